The van der Waals surface area contributed by atoms with Gasteiger partial charge in [0.15, 0.2) is 0 Å². The van der Waals surface area contributed by atoms with Gasteiger partial charge in [-0.3, -0.25) is 0 Å². The van der Waals surface area contributed by atoms with Crippen molar-refractivity contribution in [1.82, 2.24) is 0 Å². The summed E-state index contributed by atoms with van der Waals surface area (Å²) in [6, 6.07) is -0.583. The first-order valence-corrected chi connectivity index (χ1v) is 8.23. The van der Waals surface area contributed by atoms with Crippen LogP contribution in [0.1, 0.15) is 33.4 Å². The van der Waals surface area contributed by atoms with Gasteiger partial charge in [0.2, 0.25) is 0 Å². The minimum absolute atomic E-state index is 0.291. The molecule has 0 fully saturated rings. The largest absolute Gasteiger partial charge is 0.458 e. The van der Waals surface area contributed by atoms with E-state index in [2.05, 4.69) is 0 Å². The number of nitrogens with zero attached hydrogens (tertiary/aromatic N) is 2. The Hall–Kier alpha value is -3.20. The van der Waals surface area contributed by atoms with Crippen molar-refractivity contribution in [2.75, 3.05) is 0 Å². The van der Waals surface area contributed by atoms with Crippen molar-refractivity contribution in [1.29, 1.82) is 10.5 Å². The molecular weight excluding hydrogens is 600 g/mol. The summed E-state index contributed by atoms with van der Waals surface area (Å²) in [7, 11) is 0. The average molecular weight is 600 g/mol. The Morgan fingerprint density at radius 3 is 0.605 bits per heavy atom. The van der Waals surface area contributed by atoms with E-state index in [1.54, 1.807) is 0 Å². The molecule has 0 saturated heterocycles. The standard InChI is InChI=1S/C16F20N2/c17-9(18,13(25,26)27)5-3(1-37)4(2-38)6(10(19,20)14(28,29)30)8(12(23,24)16(34,35)36)7(5)11(21,22)15(31,32)33. The fourth-order valence-corrected chi connectivity index (χ4v) is 2.80. The fourth-order valence-electron chi connectivity index (χ4n) is 2.80. The van der Waals surface area contributed by atoms with Gasteiger partial charge in [0.05, 0.1) is 33.4 Å². The Bertz CT molecular complexity index is 1090. The highest BCUT2D eigenvalue weighted by atomic mass is 19.4. The van der Waals surface area contributed by atoms with Crippen molar-refractivity contribution >= 4 is 0 Å². The second-order valence-electron chi connectivity index (χ2n) is 6.76. The minimum atomic E-state index is -7.95. The Kier molecular flexibility index (Phi) is 7.48. The predicted octanol–water partition coefficient (Wildman–Crippen LogP) is 8.05. The summed E-state index contributed by atoms with van der Waals surface area (Å²) >= 11 is 0. The Balaban J connectivity index is 5.18. The van der Waals surface area contributed by atoms with Gasteiger partial charge in [-0.25, -0.2) is 0 Å². The Morgan fingerprint density at radius 2 is 0.474 bits per heavy atom. The van der Waals surface area contributed by atoms with Crippen molar-refractivity contribution in [3.8, 4) is 12.1 Å². The minimum Gasteiger partial charge on any atom is -0.192 e. The molecule has 38 heavy (non-hydrogen) atoms. The van der Waals surface area contributed by atoms with E-state index in [4.69, 9.17) is 10.5 Å². The van der Waals surface area contributed by atoms with Gasteiger partial charge >= 0.3 is 48.4 Å². The maximum atomic E-state index is 14.2. The highest BCUT2D eigenvalue weighted by molar-refractivity contribution is 5.66. The molecule has 0 saturated carbocycles. The van der Waals surface area contributed by atoms with Crippen molar-refractivity contribution in [2.45, 2.75) is 48.4 Å². The van der Waals surface area contributed by atoms with E-state index in [-0.39, 0.29) is 12.1 Å². The maximum Gasteiger partial charge on any atom is 0.458 e. The number of nitriles is 2. The van der Waals surface area contributed by atoms with Crippen molar-refractivity contribution in [2.24, 2.45) is 0 Å². The van der Waals surface area contributed by atoms with Crippen LogP contribution in [-0.2, 0) is 23.7 Å². The molecule has 1 aromatic rings. The number of hydrogen-bond acceptors (Lipinski definition) is 2. The lowest BCUT2D eigenvalue weighted by molar-refractivity contribution is -0.312. The normalized spacial score (nSPS) is 14.8. The number of benzene rings is 1. The van der Waals surface area contributed by atoms with Crippen LogP contribution in [0.25, 0.3) is 0 Å². The number of halogens is 20. The highest BCUT2D eigenvalue weighted by Gasteiger charge is 2.74. The smallest absolute Gasteiger partial charge is 0.192 e. The summed E-state index contributed by atoms with van der Waals surface area (Å²) in [6.07, 6.45) is -30.9. The van der Waals surface area contributed by atoms with Crippen molar-refractivity contribution in [3.63, 3.8) is 0 Å². The van der Waals surface area contributed by atoms with Crippen LogP contribution in [-0.4, -0.2) is 24.7 Å². The molecule has 0 N–H and O–H groups in total. The number of rotatable bonds is 4. The van der Waals surface area contributed by atoms with E-state index in [0.717, 1.165) is 0 Å². The van der Waals surface area contributed by atoms with Crippen LogP contribution in [0.5, 0.6) is 0 Å². The van der Waals surface area contributed by atoms with Gasteiger partial charge in [-0.2, -0.15) is 98.3 Å². The average Bonchev–Trinajstić information content (AvgIpc) is 2.67. The number of alkyl halides is 20. The molecule has 2 nitrogen and oxygen atoms in total. The van der Waals surface area contributed by atoms with Crippen LogP contribution >= 0.6 is 0 Å². The first kappa shape index (κ1) is 32.8. The van der Waals surface area contributed by atoms with E-state index in [9.17, 15) is 87.8 Å². The molecule has 214 valence electrons. The van der Waals surface area contributed by atoms with Gasteiger partial charge in [0.25, 0.3) is 0 Å². The van der Waals surface area contributed by atoms with Gasteiger partial charge in [-0.05, 0) is 0 Å². The zero-order valence-electron chi connectivity index (χ0n) is 16.5. The first-order chi connectivity index (χ1) is 16.4. The molecule has 0 aliphatic carbocycles. The highest BCUT2D eigenvalue weighted by Crippen LogP contribution is 2.62. The van der Waals surface area contributed by atoms with Gasteiger partial charge < -0.3 is 0 Å². The number of hydrogen-bond donors (Lipinski definition) is 0. The quantitative estimate of drug-likeness (QED) is 0.329. The van der Waals surface area contributed by atoms with E-state index >= 15 is 0 Å². The van der Waals surface area contributed by atoms with Crippen LogP contribution in [0.2, 0.25) is 0 Å². The van der Waals surface area contributed by atoms with Crippen molar-refractivity contribution in [3.05, 3.63) is 33.4 Å². The van der Waals surface area contributed by atoms with Crippen LogP contribution in [0.4, 0.5) is 87.8 Å². The van der Waals surface area contributed by atoms with Crippen LogP contribution in [0.15, 0.2) is 0 Å². The van der Waals surface area contributed by atoms with Crippen LogP contribution in [0.3, 0.4) is 0 Å². The van der Waals surface area contributed by atoms with Gasteiger partial charge in [-0.1, -0.05) is 0 Å². The van der Waals surface area contributed by atoms with Gasteiger partial charge in [-0.15, -0.1) is 0 Å². The van der Waals surface area contributed by atoms with Gasteiger partial charge in [0.1, 0.15) is 12.1 Å². The molecule has 0 radical (unpaired) electrons. The molecule has 0 spiro atoms. The summed E-state index contributed by atoms with van der Waals surface area (Å²) in [6.45, 7) is 0. The zero-order valence-corrected chi connectivity index (χ0v) is 16.5. The molecule has 0 heterocycles. The molecule has 0 bridgehead atoms. The third kappa shape index (κ3) is 4.61. The van der Waals surface area contributed by atoms with Crippen LogP contribution < -0.4 is 0 Å². The molecule has 0 amide bonds. The molecule has 22 heteroatoms. The molecule has 0 aromatic heterocycles. The SMILES string of the molecule is N#Cc1c(C#N)c(C(F)(F)C(F)(F)F)c(C(F)(F)C(F)(F)F)c(C(F)(F)C(F)(F)F)c1C(F)(F)C(F)(F)F. The maximum absolute atomic E-state index is 14.2. The molecule has 1 rings (SSSR count). The molecule has 1 aromatic carbocycles. The molecule has 0 unspecified atom stereocenters. The molecular formula is C16F20N2. The van der Waals surface area contributed by atoms with E-state index < -0.39 is 81.8 Å². The van der Waals surface area contributed by atoms with Crippen LogP contribution in [0, 0.1) is 22.7 Å². The molecule has 0 atom stereocenters. The summed E-state index contributed by atoms with van der Waals surface area (Å²) in [5.74, 6) is -31.0. The first-order valence-electron chi connectivity index (χ1n) is 8.23. The summed E-state index contributed by atoms with van der Waals surface area (Å²) in [4.78, 5) is 0. The Labute approximate surface area is 193 Å². The zero-order chi connectivity index (χ0) is 30.9. The third-order valence-electron chi connectivity index (χ3n) is 4.40. The molecule has 0 aliphatic rings. The topological polar surface area (TPSA) is 47.6 Å². The summed E-state index contributed by atoms with van der Waals surface area (Å²) in [5.41, 5.74) is -26.4. The van der Waals surface area contributed by atoms with E-state index in [1.165, 1.54) is 0 Å². The lowest BCUT2D eigenvalue weighted by atomic mass is 9.77. The Morgan fingerprint density at radius 1 is 0.316 bits per heavy atom. The molecule has 0 aliphatic heterocycles. The lowest BCUT2D eigenvalue weighted by Crippen LogP contribution is -2.48. The van der Waals surface area contributed by atoms with Gasteiger partial charge in [0, 0.05) is 0 Å². The van der Waals surface area contributed by atoms with E-state index in [0.29, 0.717) is 0 Å². The second kappa shape index (κ2) is 8.66. The lowest BCUT2D eigenvalue weighted by Gasteiger charge is -2.36. The summed E-state index contributed by atoms with van der Waals surface area (Å²) in [5, 5.41) is 17.5. The fraction of sp³-hybridized carbons (Fsp3) is 0.500. The predicted molar refractivity (Wildman–Crippen MR) is 75.7 cm³/mol. The second-order valence-corrected chi connectivity index (χ2v) is 6.76. The van der Waals surface area contributed by atoms with Crippen molar-refractivity contribution < 1.29 is 87.8 Å². The monoisotopic (exact) mass is 600 g/mol. The van der Waals surface area contributed by atoms with E-state index in [1.807, 2.05) is 0 Å². The third-order valence-corrected chi connectivity index (χ3v) is 4.40. The summed E-state index contributed by atoms with van der Waals surface area (Å²) < 4.78 is 269.